The molecule has 1 heterocycles. The Morgan fingerprint density at radius 1 is 1.36 bits per heavy atom. The topological polar surface area (TPSA) is 92.1 Å². The summed E-state index contributed by atoms with van der Waals surface area (Å²) < 4.78 is 1.68. The van der Waals surface area contributed by atoms with Crippen molar-refractivity contribution in [2.75, 3.05) is 11.9 Å². The van der Waals surface area contributed by atoms with Crippen LogP contribution in [0.1, 0.15) is 18.7 Å². The monoisotopic (exact) mass is 301 g/mol. The highest BCUT2D eigenvalue weighted by atomic mass is 16.3. The summed E-state index contributed by atoms with van der Waals surface area (Å²) in [7, 11) is 0. The number of para-hydroxylation sites is 1. The predicted molar refractivity (Wildman–Crippen MR) is 81.8 cm³/mol. The number of carbonyl (C=O) groups is 1. The van der Waals surface area contributed by atoms with Crippen LogP contribution in [0.3, 0.4) is 0 Å². The largest absolute Gasteiger partial charge is 0.396 e. The van der Waals surface area contributed by atoms with Gasteiger partial charge in [-0.2, -0.15) is 4.98 Å². The van der Waals surface area contributed by atoms with Crippen molar-refractivity contribution in [3.63, 3.8) is 0 Å². The van der Waals surface area contributed by atoms with Crippen LogP contribution in [0.2, 0.25) is 0 Å². The molecule has 0 saturated heterocycles. The lowest BCUT2D eigenvalue weighted by atomic mass is 9.81. The zero-order valence-electron chi connectivity index (χ0n) is 12.4. The van der Waals surface area contributed by atoms with Gasteiger partial charge in [0.15, 0.2) is 0 Å². The molecule has 2 aromatic rings. The van der Waals surface area contributed by atoms with Gasteiger partial charge in [0, 0.05) is 12.6 Å². The zero-order valence-corrected chi connectivity index (χ0v) is 12.4. The van der Waals surface area contributed by atoms with E-state index in [0.29, 0.717) is 11.7 Å². The highest BCUT2D eigenvalue weighted by Crippen LogP contribution is 2.26. The van der Waals surface area contributed by atoms with Crippen molar-refractivity contribution in [1.29, 1.82) is 0 Å². The SMILES string of the molecule is Cc1nc(NC(=O)NC2CC(CO)C2)nn1-c1ccccc1. The molecule has 0 radical (unpaired) electrons. The lowest BCUT2D eigenvalue weighted by molar-refractivity contribution is 0.130. The van der Waals surface area contributed by atoms with Crippen LogP contribution >= 0.6 is 0 Å². The number of rotatable bonds is 4. The molecule has 0 atom stereocenters. The van der Waals surface area contributed by atoms with Gasteiger partial charge >= 0.3 is 6.03 Å². The van der Waals surface area contributed by atoms with E-state index >= 15 is 0 Å². The summed E-state index contributed by atoms with van der Waals surface area (Å²) in [6.45, 7) is 2.02. The van der Waals surface area contributed by atoms with Gasteiger partial charge in [-0.15, -0.1) is 5.10 Å². The van der Waals surface area contributed by atoms with Crippen LogP contribution < -0.4 is 10.6 Å². The number of hydrogen-bond acceptors (Lipinski definition) is 4. The molecule has 1 aromatic carbocycles. The molecule has 22 heavy (non-hydrogen) atoms. The number of urea groups is 1. The number of aromatic nitrogens is 3. The van der Waals surface area contributed by atoms with Crippen molar-refractivity contribution in [1.82, 2.24) is 20.1 Å². The third-order valence-corrected chi connectivity index (χ3v) is 3.82. The lowest BCUT2D eigenvalue weighted by Crippen LogP contribution is -2.47. The zero-order chi connectivity index (χ0) is 15.5. The summed E-state index contributed by atoms with van der Waals surface area (Å²) in [5.74, 6) is 1.28. The van der Waals surface area contributed by atoms with Gasteiger partial charge in [-0.25, -0.2) is 9.48 Å². The molecule has 3 rings (SSSR count). The first-order valence-electron chi connectivity index (χ1n) is 7.33. The Kier molecular flexibility index (Phi) is 4.06. The number of benzene rings is 1. The first-order valence-corrected chi connectivity index (χ1v) is 7.33. The van der Waals surface area contributed by atoms with Gasteiger partial charge in [0.05, 0.1) is 5.69 Å². The number of carbonyl (C=O) groups excluding carboxylic acids is 1. The van der Waals surface area contributed by atoms with E-state index in [1.165, 1.54) is 0 Å². The van der Waals surface area contributed by atoms with Crippen molar-refractivity contribution in [3.8, 4) is 5.69 Å². The minimum absolute atomic E-state index is 0.120. The molecule has 3 N–H and O–H groups in total. The van der Waals surface area contributed by atoms with Crippen LogP contribution in [0.15, 0.2) is 30.3 Å². The molecule has 1 aliphatic carbocycles. The first-order chi connectivity index (χ1) is 10.7. The number of aliphatic hydroxyl groups is 1. The quantitative estimate of drug-likeness (QED) is 0.797. The van der Waals surface area contributed by atoms with Crippen molar-refractivity contribution >= 4 is 12.0 Å². The van der Waals surface area contributed by atoms with Crippen LogP contribution in [0.4, 0.5) is 10.7 Å². The number of anilines is 1. The average molecular weight is 301 g/mol. The Hall–Kier alpha value is -2.41. The molecule has 0 unspecified atom stereocenters. The molecule has 0 spiro atoms. The molecule has 7 nitrogen and oxygen atoms in total. The summed E-state index contributed by atoms with van der Waals surface area (Å²) >= 11 is 0. The van der Waals surface area contributed by atoms with Crippen LogP contribution in [-0.4, -0.2) is 38.6 Å². The lowest BCUT2D eigenvalue weighted by Gasteiger charge is -2.34. The maximum atomic E-state index is 11.9. The highest BCUT2D eigenvalue weighted by molar-refractivity contribution is 5.87. The summed E-state index contributed by atoms with van der Waals surface area (Å²) in [6.07, 6.45) is 1.63. The molecule has 1 aliphatic rings. The fourth-order valence-electron chi connectivity index (χ4n) is 2.58. The molecule has 1 fully saturated rings. The van der Waals surface area contributed by atoms with Crippen molar-refractivity contribution in [2.45, 2.75) is 25.8 Å². The van der Waals surface area contributed by atoms with E-state index in [1.54, 1.807) is 4.68 Å². The summed E-state index contributed by atoms with van der Waals surface area (Å²) in [5, 5.41) is 18.8. The van der Waals surface area contributed by atoms with Crippen LogP contribution in [0.25, 0.3) is 5.69 Å². The second-order valence-corrected chi connectivity index (χ2v) is 5.55. The van der Waals surface area contributed by atoms with Gasteiger partial charge in [-0.1, -0.05) is 18.2 Å². The van der Waals surface area contributed by atoms with E-state index in [2.05, 4.69) is 20.7 Å². The number of aliphatic hydroxyl groups excluding tert-OH is 1. The van der Waals surface area contributed by atoms with E-state index in [-0.39, 0.29) is 24.6 Å². The Morgan fingerprint density at radius 3 is 2.77 bits per heavy atom. The summed E-state index contributed by atoms with van der Waals surface area (Å²) in [4.78, 5) is 16.1. The molecular formula is C15H19N5O2. The average Bonchev–Trinajstić information content (AvgIpc) is 2.84. The molecule has 7 heteroatoms. The predicted octanol–water partition coefficient (Wildman–Crippen LogP) is 1.47. The minimum atomic E-state index is -0.313. The first kappa shape index (κ1) is 14.5. The molecule has 116 valence electrons. The molecule has 0 aliphatic heterocycles. The van der Waals surface area contributed by atoms with Gasteiger partial charge in [-0.05, 0) is 37.8 Å². The fraction of sp³-hybridized carbons (Fsp3) is 0.400. The molecule has 0 bridgehead atoms. The standard InChI is InChI=1S/C15H19N5O2/c1-10-16-14(19-20(10)13-5-3-2-4-6-13)18-15(22)17-12-7-11(8-12)9-21/h2-6,11-12,21H,7-9H2,1H3,(H2,17,18,19,22). The van der Waals surface area contributed by atoms with Gasteiger partial charge < -0.3 is 10.4 Å². The number of hydrogen-bond donors (Lipinski definition) is 3. The fourth-order valence-corrected chi connectivity index (χ4v) is 2.58. The third kappa shape index (κ3) is 3.09. The molecule has 2 amide bonds. The van der Waals surface area contributed by atoms with E-state index < -0.39 is 0 Å². The number of amides is 2. The smallest absolute Gasteiger partial charge is 0.321 e. The van der Waals surface area contributed by atoms with Gasteiger partial charge in [-0.3, -0.25) is 5.32 Å². The van der Waals surface area contributed by atoms with Crippen LogP contribution in [0.5, 0.6) is 0 Å². The Bertz CT molecular complexity index is 649. The summed E-state index contributed by atoms with van der Waals surface area (Å²) in [6, 6.07) is 9.43. The van der Waals surface area contributed by atoms with Crippen molar-refractivity contribution < 1.29 is 9.90 Å². The van der Waals surface area contributed by atoms with E-state index in [4.69, 9.17) is 5.11 Å². The second-order valence-electron chi connectivity index (χ2n) is 5.55. The van der Waals surface area contributed by atoms with Crippen LogP contribution in [0, 0.1) is 12.8 Å². The maximum absolute atomic E-state index is 11.9. The normalized spacial score (nSPS) is 20.3. The Labute approximate surface area is 128 Å². The molecular weight excluding hydrogens is 282 g/mol. The van der Waals surface area contributed by atoms with E-state index in [1.807, 2.05) is 37.3 Å². The van der Waals surface area contributed by atoms with Gasteiger partial charge in [0.2, 0.25) is 0 Å². The van der Waals surface area contributed by atoms with E-state index in [9.17, 15) is 4.79 Å². The van der Waals surface area contributed by atoms with Gasteiger partial charge in [0.1, 0.15) is 5.82 Å². The number of nitrogens with one attached hydrogen (secondary N) is 2. The molecule has 1 saturated carbocycles. The molecule has 1 aromatic heterocycles. The van der Waals surface area contributed by atoms with E-state index in [0.717, 1.165) is 18.5 Å². The van der Waals surface area contributed by atoms with Crippen molar-refractivity contribution in [3.05, 3.63) is 36.2 Å². The third-order valence-electron chi connectivity index (χ3n) is 3.82. The Balaban J connectivity index is 1.60. The highest BCUT2D eigenvalue weighted by Gasteiger charge is 2.29. The van der Waals surface area contributed by atoms with Gasteiger partial charge in [0.25, 0.3) is 5.95 Å². The number of nitrogens with zero attached hydrogens (tertiary/aromatic N) is 3. The van der Waals surface area contributed by atoms with Crippen LogP contribution in [-0.2, 0) is 0 Å². The minimum Gasteiger partial charge on any atom is -0.396 e. The maximum Gasteiger partial charge on any atom is 0.321 e. The Morgan fingerprint density at radius 2 is 2.09 bits per heavy atom. The number of aryl methyl sites for hydroxylation is 1. The second kappa shape index (κ2) is 6.15. The van der Waals surface area contributed by atoms with Crippen molar-refractivity contribution in [2.24, 2.45) is 5.92 Å². The summed E-state index contributed by atoms with van der Waals surface area (Å²) in [5.41, 5.74) is 0.894.